The number of nitrogens with zero attached hydrogens (tertiary/aromatic N) is 3. The summed E-state index contributed by atoms with van der Waals surface area (Å²) in [4.78, 5) is 15.0. The third-order valence-corrected chi connectivity index (χ3v) is 5.61. The maximum absolute atomic E-state index is 12.7. The normalized spacial score (nSPS) is 17.8. The summed E-state index contributed by atoms with van der Waals surface area (Å²) in [6.45, 7) is 4.75. The number of carbonyl (C=O) groups excluding carboxylic acids is 1. The molecule has 1 saturated heterocycles. The van der Waals surface area contributed by atoms with E-state index in [0.717, 1.165) is 44.6 Å². The van der Waals surface area contributed by atoms with Gasteiger partial charge in [-0.05, 0) is 49.9 Å². The molecule has 4 nitrogen and oxygen atoms in total. The van der Waals surface area contributed by atoms with Gasteiger partial charge in [-0.3, -0.25) is 9.69 Å². The monoisotopic (exact) mass is 349 g/mol. The Labute approximate surface area is 156 Å². The van der Waals surface area contributed by atoms with Gasteiger partial charge in [-0.15, -0.1) is 0 Å². The van der Waals surface area contributed by atoms with Crippen LogP contribution in [0.4, 0.5) is 0 Å². The fourth-order valence-corrected chi connectivity index (χ4v) is 3.85. The van der Waals surface area contributed by atoms with E-state index in [1.165, 1.54) is 11.1 Å². The van der Waals surface area contributed by atoms with Crippen LogP contribution in [0.15, 0.2) is 36.4 Å². The standard InChI is InChI=1S/C22H27N3O/c1-17-20(13-21(14-23)24(17)2)16-25-12-6-9-19(15-25)22(26)11-10-18-7-4-3-5-8-18/h3-5,7-8,13,19H,6,9-12,15-16H2,1-2H3/t19-/m1/s1. The molecule has 1 aliphatic rings. The Morgan fingerprint density at radius 3 is 2.77 bits per heavy atom. The molecule has 0 radical (unpaired) electrons. The summed E-state index contributed by atoms with van der Waals surface area (Å²) < 4.78 is 1.95. The van der Waals surface area contributed by atoms with Crippen molar-refractivity contribution in [3.05, 3.63) is 58.9 Å². The average molecular weight is 349 g/mol. The van der Waals surface area contributed by atoms with Gasteiger partial charge in [0.15, 0.2) is 0 Å². The number of rotatable bonds is 6. The number of likely N-dealkylation sites (tertiary alicyclic amines) is 1. The molecule has 1 atom stereocenters. The van der Waals surface area contributed by atoms with Crippen molar-refractivity contribution in [3.63, 3.8) is 0 Å². The third kappa shape index (κ3) is 4.23. The van der Waals surface area contributed by atoms with Gasteiger partial charge in [-0.1, -0.05) is 30.3 Å². The molecule has 26 heavy (non-hydrogen) atoms. The number of Topliss-reactive ketones (excluding diaryl/α,β-unsaturated/α-hetero) is 1. The van der Waals surface area contributed by atoms with Crippen molar-refractivity contribution in [2.24, 2.45) is 13.0 Å². The molecule has 136 valence electrons. The van der Waals surface area contributed by atoms with Crippen molar-refractivity contribution in [2.45, 2.75) is 39.2 Å². The van der Waals surface area contributed by atoms with E-state index in [4.69, 9.17) is 0 Å². The number of ketones is 1. The first-order chi connectivity index (χ1) is 12.6. The molecule has 0 aliphatic carbocycles. The molecule has 0 saturated carbocycles. The minimum absolute atomic E-state index is 0.145. The minimum atomic E-state index is 0.145. The van der Waals surface area contributed by atoms with E-state index in [1.54, 1.807) is 0 Å². The van der Waals surface area contributed by atoms with Crippen molar-refractivity contribution in [1.29, 1.82) is 5.26 Å². The smallest absolute Gasteiger partial charge is 0.137 e. The highest BCUT2D eigenvalue weighted by Crippen LogP contribution is 2.23. The van der Waals surface area contributed by atoms with Crippen LogP contribution in [0.3, 0.4) is 0 Å². The predicted molar refractivity (Wildman–Crippen MR) is 103 cm³/mol. The van der Waals surface area contributed by atoms with Gasteiger partial charge in [0.2, 0.25) is 0 Å². The van der Waals surface area contributed by atoms with Crippen LogP contribution in [0.25, 0.3) is 0 Å². The van der Waals surface area contributed by atoms with Gasteiger partial charge >= 0.3 is 0 Å². The molecular formula is C22H27N3O. The number of nitriles is 1. The zero-order chi connectivity index (χ0) is 18.5. The van der Waals surface area contributed by atoms with Crippen molar-refractivity contribution >= 4 is 5.78 Å². The van der Waals surface area contributed by atoms with Crippen molar-refractivity contribution in [3.8, 4) is 6.07 Å². The lowest BCUT2D eigenvalue weighted by Crippen LogP contribution is -2.38. The third-order valence-electron chi connectivity index (χ3n) is 5.61. The van der Waals surface area contributed by atoms with E-state index in [1.807, 2.05) is 35.9 Å². The van der Waals surface area contributed by atoms with Crippen LogP contribution in [-0.4, -0.2) is 28.3 Å². The highest BCUT2D eigenvalue weighted by atomic mass is 16.1. The van der Waals surface area contributed by atoms with Crippen LogP contribution in [0.5, 0.6) is 0 Å². The maximum atomic E-state index is 12.7. The van der Waals surface area contributed by atoms with Gasteiger partial charge in [-0.2, -0.15) is 5.26 Å². The molecule has 3 rings (SSSR count). The summed E-state index contributed by atoms with van der Waals surface area (Å²) in [6.07, 6.45) is 3.53. The molecule has 2 heterocycles. The van der Waals surface area contributed by atoms with Gasteiger partial charge in [0.1, 0.15) is 17.5 Å². The summed E-state index contributed by atoms with van der Waals surface area (Å²) in [5, 5.41) is 9.20. The van der Waals surface area contributed by atoms with Gasteiger partial charge < -0.3 is 4.57 Å². The van der Waals surface area contributed by atoms with Crippen LogP contribution in [0, 0.1) is 24.2 Å². The molecule has 0 bridgehead atoms. The summed E-state index contributed by atoms with van der Waals surface area (Å²) in [5.74, 6) is 0.535. The van der Waals surface area contributed by atoms with E-state index in [2.05, 4.69) is 30.0 Å². The van der Waals surface area contributed by atoms with E-state index in [9.17, 15) is 10.1 Å². The van der Waals surface area contributed by atoms with Crippen LogP contribution in [0.1, 0.15) is 41.8 Å². The largest absolute Gasteiger partial charge is 0.340 e. The number of hydrogen-bond donors (Lipinski definition) is 0. The second kappa shape index (κ2) is 8.33. The van der Waals surface area contributed by atoms with E-state index in [0.29, 0.717) is 17.9 Å². The van der Waals surface area contributed by atoms with Crippen molar-refractivity contribution in [1.82, 2.24) is 9.47 Å². The lowest BCUT2D eigenvalue weighted by atomic mass is 9.90. The molecule has 0 unspecified atom stereocenters. The van der Waals surface area contributed by atoms with E-state index in [-0.39, 0.29) is 5.92 Å². The number of piperidine rings is 1. The van der Waals surface area contributed by atoms with Gasteiger partial charge in [0, 0.05) is 38.2 Å². The topological polar surface area (TPSA) is 49.0 Å². The van der Waals surface area contributed by atoms with Crippen LogP contribution in [0.2, 0.25) is 0 Å². The lowest BCUT2D eigenvalue weighted by molar-refractivity contribution is -0.124. The van der Waals surface area contributed by atoms with Gasteiger partial charge in [0.05, 0.1) is 0 Å². The average Bonchev–Trinajstić information content (AvgIpc) is 2.95. The zero-order valence-corrected chi connectivity index (χ0v) is 15.7. The van der Waals surface area contributed by atoms with E-state index >= 15 is 0 Å². The summed E-state index contributed by atoms with van der Waals surface area (Å²) >= 11 is 0. The van der Waals surface area contributed by atoms with Crippen LogP contribution < -0.4 is 0 Å². The summed E-state index contributed by atoms with van der Waals surface area (Å²) in [7, 11) is 1.93. The Kier molecular flexibility index (Phi) is 5.90. The van der Waals surface area contributed by atoms with Crippen molar-refractivity contribution < 1.29 is 4.79 Å². The molecule has 0 spiro atoms. The minimum Gasteiger partial charge on any atom is -0.340 e. The quantitative estimate of drug-likeness (QED) is 0.800. The molecule has 0 amide bonds. The fourth-order valence-electron chi connectivity index (χ4n) is 3.85. The maximum Gasteiger partial charge on any atom is 0.137 e. The van der Waals surface area contributed by atoms with Gasteiger partial charge in [0.25, 0.3) is 0 Å². The molecule has 1 aromatic carbocycles. The Morgan fingerprint density at radius 1 is 1.31 bits per heavy atom. The van der Waals surface area contributed by atoms with E-state index < -0.39 is 0 Å². The Bertz CT molecular complexity index is 801. The number of carbonyl (C=O) groups is 1. The number of aryl methyl sites for hydroxylation is 1. The molecule has 4 heteroatoms. The highest BCUT2D eigenvalue weighted by Gasteiger charge is 2.26. The van der Waals surface area contributed by atoms with Crippen LogP contribution >= 0.6 is 0 Å². The first-order valence-corrected chi connectivity index (χ1v) is 9.42. The number of hydrogen-bond acceptors (Lipinski definition) is 3. The number of aromatic nitrogens is 1. The Morgan fingerprint density at radius 2 is 2.08 bits per heavy atom. The summed E-state index contributed by atoms with van der Waals surface area (Å²) in [5.41, 5.74) is 4.27. The predicted octanol–water partition coefficient (Wildman–Crippen LogP) is 3.62. The second-order valence-electron chi connectivity index (χ2n) is 7.34. The molecule has 1 fully saturated rings. The first-order valence-electron chi connectivity index (χ1n) is 9.42. The fraction of sp³-hybridized carbons (Fsp3) is 0.455. The first kappa shape index (κ1) is 18.4. The molecule has 0 N–H and O–H groups in total. The Hall–Kier alpha value is -2.38. The lowest BCUT2D eigenvalue weighted by Gasteiger charge is -2.32. The number of benzene rings is 1. The SMILES string of the molecule is Cc1c(CN2CCC[C@@H](C(=O)CCc3ccccc3)C2)cc(C#N)n1C. The molecular weight excluding hydrogens is 322 g/mol. The summed E-state index contributed by atoms with van der Waals surface area (Å²) in [6, 6.07) is 14.5. The Balaban J connectivity index is 1.57. The molecule has 1 aliphatic heterocycles. The highest BCUT2D eigenvalue weighted by molar-refractivity contribution is 5.81. The van der Waals surface area contributed by atoms with Crippen LogP contribution in [-0.2, 0) is 24.8 Å². The van der Waals surface area contributed by atoms with Crippen molar-refractivity contribution in [2.75, 3.05) is 13.1 Å². The zero-order valence-electron chi connectivity index (χ0n) is 15.7. The second-order valence-corrected chi connectivity index (χ2v) is 7.34. The molecule has 2 aromatic rings. The molecule has 1 aromatic heterocycles. The van der Waals surface area contributed by atoms with Gasteiger partial charge in [-0.25, -0.2) is 0 Å².